The number of ketones is 1. The van der Waals surface area contributed by atoms with Crippen molar-refractivity contribution in [3.8, 4) is 0 Å². The molecule has 0 radical (unpaired) electrons. The van der Waals surface area contributed by atoms with E-state index in [4.69, 9.17) is 0 Å². The van der Waals surface area contributed by atoms with E-state index in [2.05, 4.69) is 0 Å². The molecule has 0 amide bonds. The Balaban J connectivity index is 1.99. The molecule has 1 unspecified atom stereocenters. The van der Waals surface area contributed by atoms with Crippen molar-refractivity contribution in [1.29, 1.82) is 0 Å². The molecule has 1 aliphatic heterocycles. The molecule has 82 valence electrons. The molecule has 2 heterocycles. The highest BCUT2D eigenvalue weighted by Gasteiger charge is 2.32. The summed E-state index contributed by atoms with van der Waals surface area (Å²) >= 11 is 1.54. The molecule has 5 heteroatoms. The summed E-state index contributed by atoms with van der Waals surface area (Å²) in [5, 5.41) is 1.92. The fourth-order valence-corrected chi connectivity index (χ4v) is 4.27. The molecule has 0 bridgehead atoms. The predicted octanol–water partition coefficient (Wildman–Crippen LogP) is 1.29. The molecule has 0 aromatic carbocycles. The fraction of sp³-hybridized carbons (Fsp3) is 0.500. The minimum atomic E-state index is -2.94. The van der Waals surface area contributed by atoms with Gasteiger partial charge in [0, 0.05) is 17.2 Å². The molecule has 1 aromatic heterocycles. The number of carbonyl (C=O) groups is 1. The third kappa shape index (κ3) is 2.66. The maximum absolute atomic E-state index is 11.7. The van der Waals surface area contributed by atoms with Gasteiger partial charge in [0.15, 0.2) is 9.84 Å². The summed E-state index contributed by atoms with van der Waals surface area (Å²) < 4.78 is 22.4. The molecule has 1 fully saturated rings. The Hall–Kier alpha value is -0.680. The van der Waals surface area contributed by atoms with E-state index < -0.39 is 9.84 Å². The molecule has 0 spiro atoms. The average Bonchev–Trinajstić information content (AvgIpc) is 2.74. The van der Waals surface area contributed by atoms with Gasteiger partial charge in [-0.15, -0.1) is 11.3 Å². The Morgan fingerprint density at radius 3 is 2.87 bits per heavy atom. The van der Waals surface area contributed by atoms with E-state index in [9.17, 15) is 13.2 Å². The zero-order valence-electron chi connectivity index (χ0n) is 8.18. The lowest BCUT2D eigenvalue weighted by Crippen LogP contribution is -2.17. The van der Waals surface area contributed by atoms with E-state index in [1.807, 2.05) is 17.5 Å². The molecule has 0 N–H and O–H groups in total. The molecule has 1 aromatic rings. The van der Waals surface area contributed by atoms with Gasteiger partial charge in [0.25, 0.3) is 0 Å². The molecular formula is C10H12O3S2. The van der Waals surface area contributed by atoms with Crippen LogP contribution in [-0.2, 0) is 21.1 Å². The van der Waals surface area contributed by atoms with E-state index >= 15 is 0 Å². The Morgan fingerprint density at radius 1 is 1.53 bits per heavy atom. The third-order valence-corrected chi connectivity index (χ3v) is 5.26. The number of Topliss-reactive ketones (excluding diaryl/α,β-unsaturated/α-hetero) is 1. The van der Waals surface area contributed by atoms with Crippen molar-refractivity contribution in [2.75, 3.05) is 11.5 Å². The number of hydrogen-bond donors (Lipinski definition) is 0. The van der Waals surface area contributed by atoms with Crippen molar-refractivity contribution in [3.63, 3.8) is 0 Å². The zero-order valence-corrected chi connectivity index (χ0v) is 9.81. The molecule has 3 nitrogen and oxygen atoms in total. The van der Waals surface area contributed by atoms with Gasteiger partial charge in [0.05, 0.1) is 11.5 Å². The second-order valence-corrected chi connectivity index (χ2v) is 7.08. The van der Waals surface area contributed by atoms with Crippen LogP contribution in [0.5, 0.6) is 0 Å². The molecular weight excluding hydrogens is 232 g/mol. The standard InChI is InChI=1S/C10H12O3S2/c11-10(6-9-2-1-4-14-9)8-3-5-15(12,13)7-8/h1-2,4,8H,3,5-7H2. The van der Waals surface area contributed by atoms with E-state index in [1.165, 1.54) is 11.3 Å². The van der Waals surface area contributed by atoms with Crippen LogP contribution < -0.4 is 0 Å². The summed E-state index contributed by atoms with van der Waals surface area (Å²) in [6, 6.07) is 3.81. The van der Waals surface area contributed by atoms with Gasteiger partial charge in [-0.2, -0.15) is 0 Å². The second kappa shape index (κ2) is 4.06. The topological polar surface area (TPSA) is 51.2 Å². The quantitative estimate of drug-likeness (QED) is 0.805. The summed E-state index contributed by atoms with van der Waals surface area (Å²) in [7, 11) is -2.94. The third-order valence-electron chi connectivity index (χ3n) is 2.62. The molecule has 1 atom stereocenters. The Morgan fingerprint density at radius 2 is 2.33 bits per heavy atom. The van der Waals surface area contributed by atoms with Crippen LogP contribution >= 0.6 is 11.3 Å². The van der Waals surface area contributed by atoms with Crippen molar-refractivity contribution in [3.05, 3.63) is 22.4 Å². The Labute approximate surface area is 93.0 Å². The van der Waals surface area contributed by atoms with E-state index in [-0.39, 0.29) is 23.2 Å². The first-order chi connectivity index (χ1) is 7.07. The lowest BCUT2D eigenvalue weighted by atomic mass is 10.0. The number of sulfone groups is 1. The van der Waals surface area contributed by atoms with Gasteiger partial charge in [0.1, 0.15) is 5.78 Å². The van der Waals surface area contributed by atoms with Crippen LogP contribution in [0.1, 0.15) is 11.3 Å². The van der Waals surface area contributed by atoms with Crippen LogP contribution in [0.2, 0.25) is 0 Å². The average molecular weight is 244 g/mol. The normalized spacial score (nSPS) is 24.1. The Bertz CT molecular complexity index is 445. The minimum Gasteiger partial charge on any atom is -0.299 e. The van der Waals surface area contributed by atoms with Crippen LogP contribution in [0, 0.1) is 5.92 Å². The van der Waals surface area contributed by atoms with Gasteiger partial charge in [-0.3, -0.25) is 4.79 Å². The van der Waals surface area contributed by atoms with Crippen molar-refractivity contribution >= 4 is 27.0 Å². The molecule has 2 rings (SSSR count). The molecule has 0 saturated carbocycles. The van der Waals surface area contributed by atoms with E-state index in [0.717, 1.165) is 4.88 Å². The maximum Gasteiger partial charge on any atom is 0.151 e. The van der Waals surface area contributed by atoms with Crippen LogP contribution in [0.4, 0.5) is 0 Å². The van der Waals surface area contributed by atoms with Crippen LogP contribution in [0.3, 0.4) is 0 Å². The van der Waals surface area contributed by atoms with Crippen LogP contribution in [0.15, 0.2) is 17.5 Å². The lowest BCUT2D eigenvalue weighted by molar-refractivity contribution is -0.121. The molecule has 15 heavy (non-hydrogen) atoms. The summed E-state index contributed by atoms with van der Waals surface area (Å²) in [5.41, 5.74) is 0. The molecule has 0 aliphatic carbocycles. The monoisotopic (exact) mass is 244 g/mol. The van der Waals surface area contributed by atoms with Gasteiger partial charge in [-0.25, -0.2) is 8.42 Å². The zero-order chi connectivity index (χ0) is 10.9. The molecule has 1 saturated heterocycles. The summed E-state index contributed by atoms with van der Waals surface area (Å²) in [5.74, 6) is 0.0287. The van der Waals surface area contributed by atoms with Crippen LogP contribution in [0.25, 0.3) is 0 Å². The number of rotatable bonds is 3. The number of hydrogen-bond acceptors (Lipinski definition) is 4. The Kier molecular flexibility index (Phi) is 2.93. The second-order valence-electron chi connectivity index (χ2n) is 3.82. The lowest BCUT2D eigenvalue weighted by Gasteiger charge is -2.04. The highest BCUT2D eigenvalue weighted by atomic mass is 32.2. The first-order valence-corrected chi connectivity index (χ1v) is 7.52. The maximum atomic E-state index is 11.7. The van der Waals surface area contributed by atoms with Crippen molar-refractivity contribution in [1.82, 2.24) is 0 Å². The van der Waals surface area contributed by atoms with Gasteiger partial charge >= 0.3 is 0 Å². The van der Waals surface area contributed by atoms with E-state index in [1.54, 1.807) is 0 Å². The van der Waals surface area contributed by atoms with Gasteiger partial charge < -0.3 is 0 Å². The highest BCUT2D eigenvalue weighted by molar-refractivity contribution is 7.91. The smallest absolute Gasteiger partial charge is 0.151 e. The SMILES string of the molecule is O=C(Cc1cccs1)C1CCS(=O)(=O)C1. The predicted molar refractivity (Wildman–Crippen MR) is 59.8 cm³/mol. The van der Waals surface area contributed by atoms with Gasteiger partial charge in [0.2, 0.25) is 0 Å². The van der Waals surface area contributed by atoms with Crippen LogP contribution in [-0.4, -0.2) is 25.7 Å². The number of thiophene rings is 1. The summed E-state index contributed by atoms with van der Waals surface area (Å²) in [6.07, 6.45) is 0.893. The molecule has 1 aliphatic rings. The highest BCUT2D eigenvalue weighted by Crippen LogP contribution is 2.21. The largest absolute Gasteiger partial charge is 0.299 e. The first kappa shape index (κ1) is 10.8. The van der Waals surface area contributed by atoms with Crippen molar-refractivity contribution in [2.45, 2.75) is 12.8 Å². The van der Waals surface area contributed by atoms with Gasteiger partial charge in [-0.1, -0.05) is 6.07 Å². The van der Waals surface area contributed by atoms with E-state index in [0.29, 0.717) is 12.8 Å². The van der Waals surface area contributed by atoms with Crippen molar-refractivity contribution < 1.29 is 13.2 Å². The summed E-state index contributed by atoms with van der Waals surface area (Å²) in [6.45, 7) is 0. The fourth-order valence-electron chi connectivity index (χ4n) is 1.78. The summed E-state index contributed by atoms with van der Waals surface area (Å²) in [4.78, 5) is 12.8. The van der Waals surface area contributed by atoms with Gasteiger partial charge in [-0.05, 0) is 17.9 Å². The van der Waals surface area contributed by atoms with Crippen molar-refractivity contribution in [2.24, 2.45) is 5.92 Å². The minimum absolute atomic E-state index is 0.0528. The first-order valence-electron chi connectivity index (χ1n) is 4.82. The number of carbonyl (C=O) groups excluding carboxylic acids is 1.